The third-order valence-corrected chi connectivity index (χ3v) is 4.03. The van der Waals surface area contributed by atoms with Crippen LogP contribution in [0, 0.1) is 5.82 Å². The lowest BCUT2D eigenvalue weighted by Crippen LogP contribution is -2.14. The summed E-state index contributed by atoms with van der Waals surface area (Å²) in [5.74, 6) is -0.586. The summed E-state index contributed by atoms with van der Waals surface area (Å²) in [5, 5.41) is 0.118. The van der Waals surface area contributed by atoms with Crippen molar-refractivity contribution < 1.29 is 17.5 Å². The minimum atomic E-state index is -4.04. The fraction of sp³-hybridized carbons (Fsp3) is 0.0833. The molecule has 106 valence electrons. The average molecular weight is 317 g/mol. The molecule has 0 amide bonds. The van der Waals surface area contributed by atoms with Crippen LogP contribution in [0.15, 0.2) is 41.4 Å². The smallest absolute Gasteiger partial charge is 0.264 e. The number of halogens is 2. The molecule has 0 fully saturated rings. The van der Waals surface area contributed by atoms with E-state index in [9.17, 15) is 12.8 Å². The van der Waals surface area contributed by atoms with Gasteiger partial charge in [-0.25, -0.2) is 17.8 Å². The second kappa shape index (κ2) is 5.64. The highest BCUT2D eigenvalue weighted by atomic mass is 35.5. The lowest BCUT2D eigenvalue weighted by Gasteiger charge is -2.09. The number of nitrogens with one attached hydrogen (secondary N) is 1. The van der Waals surface area contributed by atoms with Crippen molar-refractivity contribution in [3.63, 3.8) is 0 Å². The number of anilines is 1. The van der Waals surface area contributed by atoms with Gasteiger partial charge in [0.25, 0.3) is 10.0 Å². The number of nitrogens with zero attached hydrogens (tertiary/aromatic N) is 1. The molecule has 0 spiro atoms. The molecule has 1 heterocycles. The van der Waals surface area contributed by atoms with Gasteiger partial charge in [-0.2, -0.15) is 0 Å². The van der Waals surface area contributed by atoms with Crippen LogP contribution < -0.4 is 9.46 Å². The highest BCUT2D eigenvalue weighted by molar-refractivity contribution is 7.92. The standard InChI is InChI=1S/C12H10ClFN2O3S/c1-19-12-5-3-9(7-15-12)16-20(17,18)11-4-2-8(13)6-10(11)14/h2-7,16H,1H3. The van der Waals surface area contributed by atoms with Gasteiger partial charge in [-0.15, -0.1) is 0 Å². The fourth-order valence-electron chi connectivity index (χ4n) is 1.46. The van der Waals surface area contributed by atoms with Gasteiger partial charge in [0.15, 0.2) is 0 Å². The Balaban J connectivity index is 2.30. The molecule has 2 rings (SSSR count). The van der Waals surface area contributed by atoms with Crippen molar-refractivity contribution in [3.8, 4) is 5.88 Å². The number of rotatable bonds is 4. The van der Waals surface area contributed by atoms with Crippen LogP contribution in [0.4, 0.5) is 10.1 Å². The minimum absolute atomic E-state index is 0.118. The van der Waals surface area contributed by atoms with Crippen LogP contribution >= 0.6 is 11.6 Å². The number of hydrogen-bond donors (Lipinski definition) is 1. The van der Waals surface area contributed by atoms with E-state index in [4.69, 9.17) is 16.3 Å². The normalized spacial score (nSPS) is 11.2. The number of ether oxygens (including phenoxy) is 1. The number of aromatic nitrogens is 1. The van der Waals surface area contributed by atoms with Gasteiger partial charge in [0, 0.05) is 11.1 Å². The van der Waals surface area contributed by atoms with Crippen LogP contribution in [0.1, 0.15) is 0 Å². The predicted octanol–water partition coefficient (Wildman–Crippen LogP) is 2.68. The fourth-order valence-corrected chi connectivity index (χ4v) is 2.73. The van der Waals surface area contributed by atoms with Crippen LogP contribution in [-0.4, -0.2) is 20.5 Å². The first-order valence-electron chi connectivity index (χ1n) is 5.40. The third kappa shape index (κ3) is 3.17. The molecule has 0 bridgehead atoms. The van der Waals surface area contributed by atoms with Gasteiger partial charge in [-0.3, -0.25) is 4.72 Å². The van der Waals surface area contributed by atoms with Crippen LogP contribution in [0.5, 0.6) is 5.88 Å². The topological polar surface area (TPSA) is 68.3 Å². The minimum Gasteiger partial charge on any atom is -0.481 e. The van der Waals surface area contributed by atoms with Crippen molar-refractivity contribution in [1.29, 1.82) is 0 Å². The lowest BCUT2D eigenvalue weighted by molar-refractivity contribution is 0.398. The molecule has 20 heavy (non-hydrogen) atoms. The van der Waals surface area contributed by atoms with Crippen LogP contribution in [0.25, 0.3) is 0 Å². The van der Waals surface area contributed by atoms with Crippen LogP contribution in [0.2, 0.25) is 5.02 Å². The Morgan fingerprint density at radius 3 is 2.60 bits per heavy atom. The van der Waals surface area contributed by atoms with E-state index >= 15 is 0 Å². The Kier molecular flexibility index (Phi) is 4.10. The molecule has 2 aromatic rings. The maximum atomic E-state index is 13.6. The summed E-state index contributed by atoms with van der Waals surface area (Å²) in [6.07, 6.45) is 1.27. The number of methoxy groups -OCH3 is 1. The zero-order valence-electron chi connectivity index (χ0n) is 10.3. The first-order valence-corrected chi connectivity index (χ1v) is 7.26. The van der Waals surface area contributed by atoms with Crippen molar-refractivity contribution in [2.45, 2.75) is 4.90 Å². The summed E-state index contributed by atoms with van der Waals surface area (Å²) in [6, 6.07) is 6.26. The molecule has 0 aliphatic rings. The highest BCUT2D eigenvalue weighted by Gasteiger charge is 2.19. The van der Waals surface area contributed by atoms with E-state index in [1.165, 1.54) is 31.5 Å². The van der Waals surface area contributed by atoms with Crippen LogP contribution in [0.3, 0.4) is 0 Å². The Morgan fingerprint density at radius 2 is 2.05 bits per heavy atom. The van der Waals surface area contributed by atoms with E-state index in [-0.39, 0.29) is 10.7 Å². The van der Waals surface area contributed by atoms with E-state index in [1.54, 1.807) is 0 Å². The summed E-state index contributed by atoms with van der Waals surface area (Å²) >= 11 is 5.58. The highest BCUT2D eigenvalue weighted by Crippen LogP contribution is 2.22. The largest absolute Gasteiger partial charge is 0.481 e. The van der Waals surface area contributed by atoms with Crippen molar-refractivity contribution in [1.82, 2.24) is 4.98 Å². The third-order valence-electron chi connectivity index (χ3n) is 2.38. The monoisotopic (exact) mass is 316 g/mol. The summed E-state index contributed by atoms with van der Waals surface area (Å²) < 4.78 is 44.8. The number of sulfonamides is 1. The molecule has 0 unspecified atom stereocenters. The Bertz CT molecular complexity index is 720. The second-order valence-electron chi connectivity index (χ2n) is 3.77. The summed E-state index contributed by atoms with van der Waals surface area (Å²) in [7, 11) is -2.61. The quantitative estimate of drug-likeness (QED) is 0.941. The lowest BCUT2D eigenvalue weighted by atomic mass is 10.3. The first-order chi connectivity index (χ1) is 9.42. The number of hydrogen-bond acceptors (Lipinski definition) is 4. The van der Waals surface area contributed by atoms with Gasteiger partial charge in [0.2, 0.25) is 5.88 Å². The van der Waals surface area contributed by atoms with Crippen molar-refractivity contribution >= 4 is 27.3 Å². The maximum Gasteiger partial charge on any atom is 0.264 e. The van der Waals surface area contributed by atoms with Gasteiger partial charge < -0.3 is 4.74 Å². The Morgan fingerprint density at radius 1 is 1.30 bits per heavy atom. The predicted molar refractivity (Wildman–Crippen MR) is 73.0 cm³/mol. The zero-order chi connectivity index (χ0) is 14.8. The Labute approximate surface area is 120 Å². The number of benzene rings is 1. The van der Waals surface area contributed by atoms with Gasteiger partial charge in [0.05, 0.1) is 19.0 Å². The van der Waals surface area contributed by atoms with Crippen molar-refractivity contribution in [2.24, 2.45) is 0 Å². The van der Waals surface area contributed by atoms with Crippen molar-refractivity contribution in [2.75, 3.05) is 11.8 Å². The molecule has 5 nitrogen and oxygen atoms in total. The van der Waals surface area contributed by atoms with E-state index in [0.717, 1.165) is 12.1 Å². The molecular formula is C12H10ClFN2O3S. The van der Waals surface area contributed by atoms with Gasteiger partial charge in [-0.1, -0.05) is 11.6 Å². The molecular weight excluding hydrogens is 307 g/mol. The molecule has 1 aromatic heterocycles. The van der Waals surface area contributed by atoms with E-state index in [0.29, 0.717) is 5.88 Å². The van der Waals surface area contributed by atoms with Crippen LogP contribution in [-0.2, 0) is 10.0 Å². The summed E-state index contributed by atoms with van der Waals surface area (Å²) in [6.45, 7) is 0. The van der Waals surface area contributed by atoms with Gasteiger partial charge >= 0.3 is 0 Å². The molecule has 0 aliphatic carbocycles. The molecule has 0 atom stereocenters. The van der Waals surface area contributed by atoms with Gasteiger partial charge in [-0.05, 0) is 24.3 Å². The summed E-state index contributed by atoms with van der Waals surface area (Å²) in [4.78, 5) is 3.36. The molecule has 0 saturated heterocycles. The van der Waals surface area contributed by atoms with E-state index in [2.05, 4.69) is 9.71 Å². The molecule has 0 radical (unpaired) electrons. The van der Waals surface area contributed by atoms with E-state index in [1.807, 2.05) is 0 Å². The maximum absolute atomic E-state index is 13.6. The second-order valence-corrected chi connectivity index (χ2v) is 5.86. The Hall–Kier alpha value is -1.86. The van der Waals surface area contributed by atoms with Crippen molar-refractivity contribution in [3.05, 3.63) is 47.4 Å². The molecule has 0 aliphatic heterocycles. The van der Waals surface area contributed by atoms with E-state index < -0.39 is 20.7 Å². The number of pyridine rings is 1. The summed E-state index contributed by atoms with van der Waals surface area (Å²) in [5.41, 5.74) is 0.195. The molecule has 8 heteroatoms. The average Bonchev–Trinajstić information content (AvgIpc) is 2.38. The molecule has 1 aromatic carbocycles. The zero-order valence-corrected chi connectivity index (χ0v) is 11.9. The molecule has 1 N–H and O–H groups in total. The SMILES string of the molecule is COc1ccc(NS(=O)(=O)c2ccc(Cl)cc2F)cn1. The first kappa shape index (κ1) is 14.5. The van der Waals surface area contributed by atoms with Gasteiger partial charge in [0.1, 0.15) is 10.7 Å². The molecule has 0 saturated carbocycles.